The van der Waals surface area contributed by atoms with E-state index in [9.17, 15) is 19.5 Å². The van der Waals surface area contributed by atoms with Gasteiger partial charge in [0.05, 0.1) is 6.10 Å². The molecule has 4 N–H and O–H groups in total. The minimum atomic E-state index is -1.14. The number of hydrogen-bond donors (Lipinski definition) is 4. The van der Waals surface area contributed by atoms with Crippen molar-refractivity contribution in [1.82, 2.24) is 15.5 Å². The van der Waals surface area contributed by atoms with Crippen LogP contribution in [0.2, 0.25) is 0 Å². The summed E-state index contributed by atoms with van der Waals surface area (Å²) in [5.74, 6) is -1.33. The van der Waals surface area contributed by atoms with E-state index in [4.69, 9.17) is 5.11 Å². The Morgan fingerprint density at radius 3 is 2.55 bits per heavy atom. The number of nitrogens with zero attached hydrogens (tertiary/aromatic N) is 1. The quantitative estimate of drug-likeness (QED) is 0.524. The molecule has 20 heavy (non-hydrogen) atoms. The first-order valence-electron chi connectivity index (χ1n) is 6.56. The molecule has 0 radical (unpaired) electrons. The van der Waals surface area contributed by atoms with E-state index in [-0.39, 0.29) is 37.9 Å². The number of nitrogens with one attached hydrogen (secondary N) is 2. The van der Waals surface area contributed by atoms with Crippen molar-refractivity contribution in [2.75, 3.05) is 13.1 Å². The Kier molecular flexibility index (Phi) is 5.75. The van der Waals surface area contributed by atoms with Crippen LogP contribution in [0.4, 0.5) is 4.79 Å². The fraction of sp³-hybridized carbons (Fsp3) is 0.750. The minimum absolute atomic E-state index is 0.0129. The predicted octanol–water partition coefficient (Wildman–Crippen LogP) is -0.869. The van der Waals surface area contributed by atoms with E-state index in [1.165, 1.54) is 0 Å². The summed E-state index contributed by atoms with van der Waals surface area (Å²) >= 11 is 0. The molecule has 0 aliphatic carbocycles. The van der Waals surface area contributed by atoms with E-state index in [0.717, 1.165) is 4.90 Å². The molecule has 0 saturated carbocycles. The number of carbonyl (C=O) groups is 3. The summed E-state index contributed by atoms with van der Waals surface area (Å²) in [6, 6.07) is -1.57. The van der Waals surface area contributed by atoms with Gasteiger partial charge in [-0.05, 0) is 13.8 Å². The van der Waals surface area contributed by atoms with Crippen molar-refractivity contribution < 1.29 is 24.6 Å². The normalized spacial score (nSPS) is 21.9. The zero-order valence-electron chi connectivity index (χ0n) is 11.6. The zero-order valence-corrected chi connectivity index (χ0v) is 11.6. The molecule has 1 aliphatic heterocycles. The molecule has 8 nitrogen and oxygen atoms in total. The van der Waals surface area contributed by atoms with Gasteiger partial charge >= 0.3 is 12.0 Å². The largest absolute Gasteiger partial charge is 0.480 e. The molecule has 0 aromatic carbocycles. The van der Waals surface area contributed by atoms with Crippen LogP contribution in [0.25, 0.3) is 0 Å². The molecular weight excluding hydrogens is 266 g/mol. The molecule has 1 rings (SSSR count). The average molecular weight is 287 g/mol. The SMILES string of the molecule is CC(C)NC(=O)CCNC(=O)N1CC(O)C[C@H]1C(=O)O. The molecule has 0 bridgehead atoms. The fourth-order valence-corrected chi connectivity index (χ4v) is 2.05. The molecule has 1 saturated heterocycles. The van der Waals surface area contributed by atoms with Crippen LogP contribution in [0.15, 0.2) is 0 Å². The fourth-order valence-electron chi connectivity index (χ4n) is 2.05. The topological polar surface area (TPSA) is 119 Å². The highest BCUT2D eigenvalue weighted by Gasteiger charge is 2.38. The third kappa shape index (κ3) is 4.69. The summed E-state index contributed by atoms with van der Waals surface area (Å²) in [4.78, 5) is 35.2. The number of likely N-dealkylation sites (tertiary alicyclic amines) is 1. The van der Waals surface area contributed by atoms with Gasteiger partial charge in [0, 0.05) is 32.0 Å². The number of carboxylic acids is 1. The van der Waals surface area contributed by atoms with E-state index in [2.05, 4.69) is 10.6 Å². The molecule has 3 amide bonds. The van der Waals surface area contributed by atoms with Gasteiger partial charge in [0.25, 0.3) is 0 Å². The summed E-state index contributed by atoms with van der Waals surface area (Å²) in [7, 11) is 0. The van der Waals surface area contributed by atoms with Crippen molar-refractivity contribution in [2.24, 2.45) is 0 Å². The van der Waals surface area contributed by atoms with Gasteiger partial charge in [-0.3, -0.25) is 4.79 Å². The van der Waals surface area contributed by atoms with Crippen molar-refractivity contribution >= 4 is 17.9 Å². The average Bonchev–Trinajstić information content (AvgIpc) is 2.70. The summed E-state index contributed by atoms with van der Waals surface area (Å²) < 4.78 is 0. The van der Waals surface area contributed by atoms with E-state index >= 15 is 0 Å². The number of hydrogen-bond acceptors (Lipinski definition) is 4. The molecule has 1 fully saturated rings. The van der Waals surface area contributed by atoms with Crippen LogP contribution in [0.1, 0.15) is 26.7 Å². The molecule has 114 valence electrons. The lowest BCUT2D eigenvalue weighted by atomic mass is 10.2. The molecule has 1 aliphatic rings. The maximum atomic E-state index is 11.8. The Labute approximate surface area is 117 Å². The standard InChI is InChI=1S/C12H21N3O5/c1-7(2)14-10(17)3-4-13-12(20)15-6-8(16)5-9(15)11(18)19/h7-9,16H,3-6H2,1-2H3,(H,13,20)(H,14,17)(H,18,19)/t8?,9-/m0/s1. The van der Waals surface area contributed by atoms with Gasteiger partial charge in [-0.1, -0.05) is 0 Å². The van der Waals surface area contributed by atoms with Gasteiger partial charge in [-0.15, -0.1) is 0 Å². The van der Waals surface area contributed by atoms with Crippen molar-refractivity contribution in [3.05, 3.63) is 0 Å². The van der Waals surface area contributed by atoms with Gasteiger partial charge in [0.15, 0.2) is 0 Å². The summed E-state index contributed by atoms with van der Waals surface area (Å²) in [6.07, 6.45) is -0.680. The first kappa shape index (κ1) is 16.2. The second-order valence-electron chi connectivity index (χ2n) is 5.10. The number of aliphatic hydroxyl groups is 1. The molecule has 1 heterocycles. The molecular formula is C12H21N3O5. The van der Waals surface area contributed by atoms with Gasteiger partial charge in [-0.2, -0.15) is 0 Å². The molecule has 0 aromatic heterocycles. The Hall–Kier alpha value is -1.83. The summed E-state index contributed by atoms with van der Waals surface area (Å²) in [5, 5.41) is 23.6. The van der Waals surface area contributed by atoms with E-state index in [1.807, 2.05) is 13.8 Å². The zero-order chi connectivity index (χ0) is 15.3. The second kappa shape index (κ2) is 7.09. The van der Waals surface area contributed by atoms with Crippen molar-refractivity contribution in [2.45, 2.75) is 44.9 Å². The van der Waals surface area contributed by atoms with Crippen LogP contribution < -0.4 is 10.6 Å². The van der Waals surface area contributed by atoms with Gasteiger partial charge < -0.3 is 25.7 Å². The van der Waals surface area contributed by atoms with Crippen LogP contribution in [-0.4, -0.2) is 64.3 Å². The molecule has 0 spiro atoms. The van der Waals surface area contributed by atoms with Crippen LogP contribution in [0, 0.1) is 0 Å². The van der Waals surface area contributed by atoms with Crippen molar-refractivity contribution in [3.8, 4) is 0 Å². The summed E-state index contributed by atoms with van der Waals surface area (Å²) in [6.45, 7) is 3.77. The third-order valence-electron chi connectivity index (χ3n) is 2.90. The molecule has 2 atom stereocenters. The van der Waals surface area contributed by atoms with E-state index < -0.39 is 24.1 Å². The lowest BCUT2D eigenvalue weighted by Gasteiger charge is -2.21. The van der Waals surface area contributed by atoms with E-state index in [0.29, 0.717) is 0 Å². The van der Waals surface area contributed by atoms with E-state index in [1.54, 1.807) is 0 Å². The van der Waals surface area contributed by atoms with Crippen LogP contribution in [-0.2, 0) is 9.59 Å². The molecule has 8 heteroatoms. The highest BCUT2D eigenvalue weighted by molar-refractivity contribution is 5.84. The monoisotopic (exact) mass is 287 g/mol. The van der Waals surface area contributed by atoms with Crippen LogP contribution in [0.5, 0.6) is 0 Å². The van der Waals surface area contributed by atoms with Crippen LogP contribution >= 0.6 is 0 Å². The number of aliphatic hydroxyl groups excluding tert-OH is 1. The second-order valence-corrected chi connectivity index (χ2v) is 5.10. The smallest absolute Gasteiger partial charge is 0.326 e. The Morgan fingerprint density at radius 2 is 2.00 bits per heavy atom. The maximum absolute atomic E-state index is 11.8. The number of rotatable bonds is 5. The lowest BCUT2D eigenvalue weighted by molar-refractivity contribution is -0.141. The minimum Gasteiger partial charge on any atom is -0.480 e. The Bertz CT molecular complexity index is 385. The molecule has 1 unspecified atom stereocenters. The van der Waals surface area contributed by atoms with Gasteiger partial charge in [-0.25, -0.2) is 9.59 Å². The number of β-amino-alcohol motifs (C(OH)–C–C–N with tert-alkyl or cyclic N) is 1. The first-order chi connectivity index (χ1) is 9.31. The highest BCUT2D eigenvalue weighted by Crippen LogP contribution is 2.17. The number of urea groups is 1. The number of amides is 3. The lowest BCUT2D eigenvalue weighted by Crippen LogP contribution is -2.47. The van der Waals surface area contributed by atoms with Crippen molar-refractivity contribution in [3.63, 3.8) is 0 Å². The number of carbonyl (C=O) groups excluding carboxylic acids is 2. The first-order valence-corrected chi connectivity index (χ1v) is 6.56. The van der Waals surface area contributed by atoms with Crippen molar-refractivity contribution in [1.29, 1.82) is 0 Å². The predicted molar refractivity (Wildman–Crippen MR) is 70.0 cm³/mol. The number of aliphatic carboxylic acids is 1. The Morgan fingerprint density at radius 1 is 1.35 bits per heavy atom. The highest BCUT2D eigenvalue weighted by atomic mass is 16.4. The maximum Gasteiger partial charge on any atom is 0.326 e. The van der Waals surface area contributed by atoms with Gasteiger partial charge in [0.1, 0.15) is 6.04 Å². The van der Waals surface area contributed by atoms with Crippen LogP contribution in [0.3, 0.4) is 0 Å². The van der Waals surface area contributed by atoms with Gasteiger partial charge in [0.2, 0.25) is 5.91 Å². The Balaban J connectivity index is 2.39. The third-order valence-corrected chi connectivity index (χ3v) is 2.90. The molecule has 0 aromatic rings. The number of carboxylic acid groups (broad SMARTS) is 1. The summed E-state index contributed by atoms with van der Waals surface area (Å²) in [5.41, 5.74) is 0.